The van der Waals surface area contributed by atoms with Crippen molar-refractivity contribution in [2.75, 3.05) is 28.6 Å². The molecule has 0 radical (unpaired) electrons. The van der Waals surface area contributed by atoms with E-state index in [0.717, 1.165) is 23.8 Å². The van der Waals surface area contributed by atoms with Crippen LogP contribution >= 0.6 is 23.4 Å². The number of nitrogens with zero attached hydrogens (tertiary/aromatic N) is 2. The number of anilines is 3. The van der Waals surface area contributed by atoms with E-state index in [9.17, 15) is 9.59 Å². The van der Waals surface area contributed by atoms with Crippen LogP contribution in [0, 0.1) is 0 Å². The van der Waals surface area contributed by atoms with Gasteiger partial charge in [0.15, 0.2) is 0 Å². The Kier molecular flexibility index (Phi) is 5.22. The number of hydrogen-bond donors (Lipinski definition) is 2. The van der Waals surface area contributed by atoms with Gasteiger partial charge < -0.3 is 15.5 Å². The molecule has 1 fully saturated rings. The van der Waals surface area contributed by atoms with Crippen LogP contribution in [-0.4, -0.2) is 35.1 Å². The van der Waals surface area contributed by atoms with Crippen molar-refractivity contribution in [1.29, 1.82) is 0 Å². The molecule has 0 bridgehead atoms. The topological polar surface area (TPSA) is 74.3 Å². The molecule has 0 aliphatic carbocycles. The number of carbonyl (C=O) groups excluding carboxylic acids is 2. The minimum Gasteiger partial charge on any atom is -0.357 e. The van der Waals surface area contributed by atoms with E-state index in [1.807, 2.05) is 18.2 Å². The molecule has 1 aromatic heterocycles. The molecule has 2 amide bonds. The van der Waals surface area contributed by atoms with E-state index in [2.05, 4.69) is 20.5 Å². The van der Waals surface area contributed by atoms with Crippen molar-refractivity contribution in [2.24, 2.45) is 0 Å². The van der Waals surface area contributed by atoms with Gasteiger partial charge in [-0.05, 0) is 43.2 Å². The molecule has 0 spiro atoms. The lowest BCUT2D eigenvalue weighted by Crippen LogP contribution is -2.32. The molecule has 2 aliphatic rings. The number of nitrogens with one attached hydrogen (secondary N) is 2. The number of aromatic nitrogens is 1. The average Bonchev–Trinajstić information content (AvgIpc) is 3.18. The van der Waals surface area contributed by atoms with Crippen LogP contribution in [0.3, 0.4) is 0 Å². The minimum absolute atomic E-state index is 0.0897. The van der Waals surface area contributed by atoms with Gasteiger partial charge in [-0.2, -0.15) is 0 Å². The van der Waals surface area contributed by atoms with Gasteiger partial charge in [0.25, 0.3) is 0 Å². The number of amides is 2. The number of rotatable bonds is 4. The molecule has 1 saturated heterocycles. The minimum atomic E-state index is -0.476. The Morgan fingerprint density at radius 1 is 1.30 bits per heavy atom. The summed E-state index contributed by atoms with van der Waals surface area (Å²) in [6, 6.07) is 9.11. The highest BCUT2D eigenvalue weighted by Gasteiger charge is 2.29. The monoisotopic (exact) mass is 402 g/mol. The smallest absolute Gasteiger partial charge is 0.238 e. The number of hydrogen-bond acceptors (Lipinski definition) is 5. The third-order valence-corrected chi connectivity index (χ3v) is 6.10. The summed E-state index contributed by atoms with van der Waals surface area (Å²) < 4.78 is 0. The van der Waals surface area contributed by atoms with Crippen molar-refractivity contribution < 1.29 is 9.59 Å². The van der Waals surface area contributed by atoms with Crippen molar-refractivity contribution in [2.45, 2.75) is 29.4 Å². The fourth-order valence-corrected chi connectivity index (χ4v) is 4.49. The maximum atomic E-state index is 12.4. The second-order valence-electron chi connectivity index (χ2n) is 6.59. The Morgan fingerprint density at radius 3 is 2.85 bits per heavy atom. The molecule has 0 saturated carbocycles. The number of benzene rings is 1. The van der Waals surface area contributed by atoms with E-state index >= 15 is 0 Å². The van der Waals surface area contributed by atoms with Gasteiger partial charge in [-0.25, -0.2) is 4.98 Å². The van der Waals surface area contributed by atoms with Gasteiger partial charge in [0.05, 0.1) is 22.8 Å². The lowest BCUT2D eigenvalue weighted by molar-refractivity contribution is -0.120. The van der Waals surface area contributed by atoms with E-state index in [0.29, 0.717) is 16.4 Å². The van der Waals surface area contributed by atoms with Crippen molar-refractivity contribution in [3.63, 3.8) is 0 Å². The molecule has 3 heterocycles. The predicted octanol–water partition coefficient (Wildman–Crippen LogP) is 3.78. The zero-order valence-corrected chi connectivity index (χ0v) is 16.1. The Bertz CT molecular complexity index is 869. The van der Waals surface area contributed by atoms with Crippen molar-refractivity contribution in [3.8, 4) is 0 Å². The lowest BCUT2D eigenvalue weighted by Gasteiger charge is -2.23. The molecule has 27 heavy (non-hydrogen) atoms. The second kappa shape index (κ2) is 7.78. The summed E-state index contributed by atoms with van der Waals surface area (Å²) in [4.78, 5) is 32.2. The van der Waals surface area contributed by atoms with Crippen LogP contribution in [0.25, 0.3) is 0 Å². The standard InChI is InChI=1S/C19H19ClN4O2S/c20-12-3-5-15-14(9-12)23-19(26)16(27-15)10-18(25)22-13-4-6-17(21-11-13)24-7-1-2-8-24/h3-6,9,11,16H,1-2,7-8,10H2,(H,22,25)(H,23,26). The zero-order chi connectivity index (χ0) is 18.8. The molecule has 8 heteroatoms. The maximum absolute atomic E-state index is 12.4. The molecule has 2 aliphatic heterocycles. The summed E-state index contributed by atoms with van der Waals surface area (Å²) in [5.41, 5.74) is 1.33. The SMILES string of the molecule is O=C(CC1Sc2ccc(Cl)cc2NC1=O)Nc1ccc(N2CCCC2)nc1. The molecular formula is C19H19ClN4O2S. The van der Waals surface area contributed by atoms with Crippen LogP contribution in [0.1, 0.15) is 19.3 Å². The predicted molar refractivity (Wildman–Crippen MR) is 109 cm³/mol. The first-order chi connectivity index (χ1) is 13.1. The highest BCUT2D eigenvalue weighted by molar-refractivity contribution is 8.01. The average molecular weight is 403 g/mol. The largest absolute Gasteiger partial charge is 0.357 e. The van der Waals surface area contributed by atoms with Gasteiger partial charge >= 0.3 is 0 Å². The quantitative estimate of drug-likeness (QED) is 0.814. The molecule has 1 unspecified atom stereocenters. The van der Waals surface area contributed by atoms with Gasteiger partial charge in [-0.1, -0.05) is 11.6 Å². The lowest BCUT2D eigenvalue weighted by atomic mass is 10.2. The van der Waals surface area contributed by atoms with Crippen molar-refractivity contribution >= 4 is 52.4 Å². The Balaban J connectivity index is 1.36. The number of fused-ring (bicyclic) bond motifs is 1. The van der Waals surface area contributed by atoms with Gasteiger partial charge in [-0.15, -0.1) is 11.8 Å². The van der Waals surface area contributed by atoms with Crippen LogP contribution in [0.5, 0.6) is 0 Å². The Morgan fingerprint density at radius 2 is 2.11 bits per heavy atom. The highest BCUT2D eigenvalue weighted by atomic mass is 35.5. The van der Waals surface area contributed by atoms with Gasteiger partial charge in [0.2, 0.25) is 11.8 Å². The highest BCUT2D eigenvalue weighted by Crippen LogP contribution is 2.38. The van der Waals surface area contributed by atoms with E-state index in [4.69, 9.17) is 11.6 Å². The molecule has 4 rings (SSSR count). The number of carbonyl (C=O) groups is 2. The Labute approximate surface area is 166 Å². The third kappa shape index (κ3) is 4.20. The fraction of sp³-hybridized carbons (Fsp3) is 0.316. The van der Waals surface area contributed by atoms with Gasteiger partial charge in [0, 0.05) is 29.4 Å². The van der Waals surface area contributed by atoms with E-state index in [-0.39, 0.29) is 18.2 Å². The molecular weight excluding hydrogens is 384 g/mol. The molecule has 2 N–H and O–H groups in total. The molecule has 1 atom stereocenters. The Hall–Kier alpha value is -2.25. The van der Waals surface area contributed by atoms with Gasteiger partial charge in [-0.3, -0.25) is 9.59 Å². The summed E-state index contributed by atoms with van der Waals surface area (Å²) in [7, 11) is 0. The van der Waals surface area contributed by atoms with Crippen molar-refractivity contribution in [1.82, 2.24) is 4.98 Å². The van der Waals surface area contributed by atoms with Crippen LogP contribution in [-0.2, 0) is 9.59 Å². The van der Waals surface area contributed by atoms with E-state index in [1.165, 1.54) is 24.6 Å². The normalized spacial score (nSPS) is 18.8. The summed E-state index contributed by atoms with van der Waals surface area (Å²) in [6.45, 7) is 2.05. The first kappa shape index (κ1) is 18.1. The number of pyridine rings is 1. The summed E-state index contributed by atoms with van der Waals surface area (Å²) in [5, 5.41) is 5.73. The number of halogens is 1. The summed E-state index contributed by atoms with van der Waals surface area (Å²) in [6.07, 6.45) is 4.14. The third-order valence-electron chi connectivity index (χ3n) is 4.59. The second-order valence-corrected chi connectivity index (χ2v) is 8.27. The van der Waals surface area contributed by atoms with Crippen LogP contribution < -0.4 is 15.5 Å². The zero-order valence-electron chi connectivity index (χ0n) is 14.6. The van der Waals surface area contributed by atoms with E-state index in [1.54, 1.807) is 18.3 Å². The van der Waals surface area contributed by atoms with Crippen LogP contribution in [0.2, 0.25) is 5.02 Å². The molecule has 140 valence electrons. The van der Waals surface area contributed by atoms with Gasteiger partial charge in [0.1, 0.15) is 5.82 Å². The molecule has 1 aromatic carbocycles. The molecule has 2 aromatic rings. The summed E-state index contributed by atoms with van der Waals surface area (Å²) >= 11 is 7.33. The molecule has 6 nitrogen and oxygen atoms in total. The van der Waals surface area contributed by atoms with Crippen LogP contribution in [0.15, 0.2) is 41.4 Å². The number of thioether (sulfide) groups is 1. The summed E-state index contributed by atoms with van der Waals surface area (Å²) in [5.74, 6) is 0.534. The first-order valence-corrected chi connectivity index (χ1v) is 10.1. The first-order valence-electron chi connectivity index (χ1n) is 8.86. The van der Waals surface area contributed by atoms with Crippen LogP contribution in [0.4, 0.5) is 17.2 Å². The maximum Gasteiger partial charge on any atom is 0.238 e. The van der Waals surface area contributed by atoms with E-state index < -0.39 is 5.25 Å². The fourth-order valence-electron chi connectivity index (χ4n) is 3.23. The van der Waals surface area contributed by atoms with Crippen molar-refractivity contribution in [3.05, 3.63) is 41.6 Å².